The molecule has 12 nitrogen and oxygen atoms in total. The molecule has 2 aliphatic heterocycles. The van der Waals surface area contributed by atoms with E-state index in [-0.39, 0.29) is 16.8 Å². The van der Waals surface area contributed by atoms with Crippen LogP contribution in [0.25, 0.3) is 11.1 Å². The van der Waals surface area contributed by atoms with Crippen molar-refractivity contribution in [1.29, 1.82) is 21.0 Å². The Bertz CT molecular complexity index is 3310. The van der Waals surface area contributed by atoms with Crippen LogP contribution in [0.5, 0.6) is 34.8 Å². The van der Waals surface area contributed by atoms with E-state index in [0.717, 1.165) is 22.3 Å². The van der Waals surface area contributed by atoms with Gasteiger partial charge in [0.1, 0.15) is 23.0 Å². The second kappa shape index (κ2) is 22.6. The molecule has 0 N–H and O–H groups in total. The summed E-state index contributed by atoms with van der Waals surface area (Å²) in [7, 11) is 0. The van der Waals surface area contributed by atoms with Gasteiger partial charge in [0.15, 0.2) is 0 Å². The number of rotatable bonds is 10. The Morgan fingerprint density at radius 1 is 0.352 bits per heavy atom. The molecule has 0 spiro atoms. The summed E-state index contributed by atoms with van der Waals surface area (Å²) >= 11 is 0. The third-order valence-corrected chi connectivity index (χ3v) is 10.4. The first-order valence-electron chi connectivity index (χ1n) is 21.6. The van der Waals surface area contributed by atoms with Crippen molar-refractivity contribution in [2.24, 2.45) is 9.98 Å². The maximum atomic E-state index is 8.97. The summed E-state index contributed by atoms with van der Waals surface area (Å²) in [6.45, 7) is 0. The number of nitriles is 4. The first-order valence-corrected chi connectivity index (χ1v) is 21.6. The molecule has 1 radical (unpaired) electrons. The van der Waals surface area contributed by atoms with Crippen LogP contribution in [0.2, 0.25) is 0 Å². The van der Waals surface area contributed by atoms with Crippen molar-refractivity contribution in [2.45, 2.75) is 0 Å². The van der Waals surface area contributed by atoms with Gasteiger partial charge < -0.3 is 28.9 Å². The molecule has 0 atom stereocenters. The molecule has 10 rings (SSSR count). The predicted molar refractivity (Wildman–Crippen MR) is 264 cm³/mol. The summed E-state index contributed by atoms with van der Waals surface area (Å²) in [5, 5.41) is 35.9. The average molecular weight is 966 g/mol. The molecule has 2 aromatic heterocycles. The second-order valence-electron chi connectivity index (χ2n) is 15.1. The Morgan fingerprint density at radius 3 is 0.972 bits per heavy atom. The molecule has 339 valence electrons. The number of hydrogen-bond donors (Lipinski definition) is 0. The number of allylic oxidation sites excluding steroid dienone is 2. The van der Waals surface area contributed by atoms with E-state index in [4.69, 9.17) is 40.0 Å². The molecular weight excluding hydrogens is 932 g/mol. The zero-order chi connectivity index (χ0) is 48.1. The van der Waals surface area contributed by atoms with Crippen molar-refractivity contribution in [3.63, 3.8) is 0 Å². The van der Waals surface area contributed by atoms with Crippen molar-refractivity contribution < 1.29 is 35.7 Å². The van der Waals surface area contributed by atoms with E-state index in [1.807, 2.05) is 84.9 Å². The summed E-state index contributed by atoms with van der Waals surface area (Å²) in [4.78, 5) is 18.7. The minimum absolute atomic E-state index is 0. The van der Waals surface area contributed by atoms with Gasteiger partial charge in [-0.3, -0.25) is 0 Å². The van der Waals surface area contributed by atoms with Gasteiger partial charge in [0.25, 0.3) is 0 Å². The SMILES string of the molecule is N#Cc1ccc(OC2=N/C(=C(/c3ccccc3)c3ccc(Oc4ccc(C#N)cc4)[n-]3)C=C2)cc1.N#Cc1ccc(OC2=N/C(=C(/c3ccccc3)c3ccc(Oc4ccc(C#N)cc4)[n-]3)C=C2)cc1.[Co+2]. The van der Waals surface area contributed by atoms with Gasteiger partial charge in [0.05, 0.1) is 57.9 Å². The van der Waals surface area contributed by atoms with Gasteiger partial charge in [-0.15, -0.1) is 11.4 Å². The standard InChI is InChI=1S/2C29H17N4O2.Co/c2*30-18-20-6-10-23(11-7-20)34-27-16-14-25(32-27)29(22-4-2-1-3-5-22)26-15-17-28(33-26)35-24-12-8-21(19-31)9-13-24;/h2*1-17H;/q2*-1;+2/b2*29-25-;. The largest absolute Gasteiger partial charge is 2.00 e. The molecule has 71 heavy (non-hydrogen) atoms. The summed E-state index contributed by atoms with van der Waals surface area (Å²) in [5.41, 5.74) is 8.70. The molecule has 0 aliphatic carbocycles. The monoisotopic (exact) mass is 965 g/mol. The summed E-state index contributed by atoms with van der Waals surface area (Å²) in [6, 6.07) is 63.0. The van der Waals surface area contributed by atoms with Crippen LogP contribution >= 0.6 is 0 Å². The van der Waals surface area contributed by atoms with Crippen LogP contribution in [0.3, 0.4) is 0 Å². The Morgan fingerprint density at radius 2 is 0.662 bits per heavy atom. The third kappa shape index (κ3) is 11.9. The van der Waals surface area contributed by atoms with Crippen molar-refractivity contribution in [1.82, 2.24) is 9.97 Å². The third-order valence-electron chi connectivity index (χ3n) is 10.4. The van der Waals surface area contributed by atoms with Gasteiger partial charge in [-0.1, -0.05) is 72.8 Å². The van der Waals surface area contributed by atoms with E-state index < -0.39 is 0 Å². The molecule has 0 bridgehead atoms. The van der Waals surface area contributed by atoms with Crippen molar-refractivity contribution >= 4 is 22.9 Å². The summed E-state index contributed by atoms with van der Waals surface area (Å²) in [5.74, 6) is 4.16. The number of hydrogen-bond acceptors (Lipinski definition) is 10. The van der Waals surface area contributed by atoms with Crippen LogP contribution in [0.4, 0.5) is 0 Å². The van der Waals surface area contributed by atoms with E-state index in [2.05, 4.69) is 44.2 Å². The molecule has 0 saturated carbocycles. The maximum Gasteiger partial charge on any atom is 2.00 e. The Labute approximate surface area is 419 Å². The van der Waals surface area contributed by atoms with Gasteiger partial charge >= 0.3 is 16.8 Å². The Balaban J connectivity index is 0.000000188. The molecule has 6 aromatic carbocycles. The number of nitrogens with zero attached hydrogens (tertiary/aromatic N) is 8. The fourth-order valence-corrected chi connectivity index (χ4v) is 7.09. The second-order valence-corrected chi connectivity index (χ2v) is 15.1. The molecular formula is C58H34CoN8O4. The van der Waals surface area contributed by atoms with E-state index >= 15 is 0 Å². The first-order chi connectivity index (χ1) is 34.4. The number of aliphatic imine (C=N–C) groups is 2. The zero-order valence-electron chi connectivity index (χ0n) is 37.2. The zero-order valence-corrected chi connectivity index (χ0v) is 38.2. The quantitative estimate of drug-likeness (QED) is 0.128. The Kier molecular flexibility index (Phi) is 15.0. The van der Waals surface area contributed by atoms with Crippen LogP contribution in [0.1, 0.15) is 44.8 Å². The van der Waals surface area contributed by atoms with Gasteiger partial charge in [-0.25, -0.2) is 9.98 Å². The molecule has 0 amide bonds. The van der Waals surface area contributed by atoms with Crippen LogP contribution in [-0.4, -0.2) is 11.8 Å². The smallest absolute Gasteiger partial charge is 0.626 e. The topological polar surface area (TPSA) is 185 Å². The first kappa shape index (κ1) is 47.3. The Hall–Kier alpha value is -10.2. The maximum absolute atomic E-state index is 8.97. The van der Waals surface area contributed by atoms with Crippen LogP contribution < -0.4 is 28.9 Å². The van der Waals surface area contributed by atoms with Crippen LogP contribution in [-0.2, 0) is 16.8 Å². The fourth-order valence-electron chi connectivity index (χ4n) is 7.09. The number of aromatic nitrogens is 2. The van der Waals surface area contributed by atoms with Gasteiger partial charge in [0, 0.05) is 23.9 Å². The normalized spacial score (nSPS) is 13.3. The summed E-state index contributed by atoms with van der Waals surface area (Å²) in [6.07, 6.45) is 7.37. The number of benzene rings is 6. The molecule has 0 unspecified atom stereocenters. The molecule has 2 aliphatic rings. The minimum atomic E-state index is 0. The molecule has 0 saturated heterocycles. The fraction of sp³-hybridized carbons (Fsp3) is 0. The van der Waals surface area contributed by atoms with Crippen molar-refractivity contribution in [2.75, 3.05) is 0 Å². The summed E-state index contributed by atoms with van der Waals surface area (Å²) < 4.78 is 23.5. The van der Waals surface area contributed by atoms with Gasteiger partial charge in [-0.05, 0) is 144 Å². The van der Waals surface area contributed by atoms with Crippen molar-refractivity contribution in [3.05, 3.63) is 262 Å². The molecule has 8 aromatic rings. The van der Waals surface area contributed by atoms with Gasteiger partial charge in [0.2, 0.25) is 11.8 Å². The minimum Gasteiger partial charge on any atom is -0.626 e. The van der Waals surface area contributed by atoms with E-state index in [0.29, 0.717) is 91.6 Å². The van der Waals surface area contributed by atoms with E-state index in [1.165, 1.54) is 0 Å². The van der Waals surface area contributed by atoms with Crippen LogP contribution in [0, 0.1) is 45.3 Å². The van der Waals surface area contributed by atoms with E-state index in [1.54, 1.807) is 121 Å². The molecule has 4 heterocycles. The number of ether oxygens (including phenoxy) is 4. The average Bonchev–Trinajstić information content (AvgIpc) is 4.27. The van der Waals surface area contributed by atoms with E-state index in [9.17, 15) is 0 Å². The molecule has 13 heteroatoms. The predicted octanol–water partition coefficient (Wildman–Crippen LogP) is 12.0. The van der Waals surface area contributed by atoms with Crippen LogP contribution in [0.15, 0.2) is 228 Å². The molecule has 0 fully saturated rings. The van der Waals surface area contributed by atoms with Gasteiger partial charge in [-0.2, -0.15) is 21.0 Å². The van der Waals surface area contributed by atoms with Crippen molar-refractivity contribution in [3.8, 4) is 59.0 Å².